The molecule has 0 aliphatic carbocycles. The molecule has 4 rings (SSSR count). The third-order valence-electron chi connectivity index (χ3n) is 6.80. The summed E-state index contributed by atoms with van der Waals surface area (Å²) >= 11 is 6.09. The fourth-order valence-corrected chi connectivity index (χ4v) is 7.40. The predicted octanol–water partition coefficient (Wildman–Crippen LogP) is 5.06. The van der Waals surface area contributed by atoms with E-state index in [2.05, 4.69) is 10.0 Å². The second-order valence-electron chi connectivity index (χ2n) is 9.63. The van der Waals surface area contributed by atoms with Gasteiger partial charge in [-0.2, -0.15) is 0 Å². The Labute approximate surface area is 235 Å². The number of amides is 1. The number of anilines is 2. The zero-order valence-electron chi connectivity index (χ0n) is 21.6. The van der Waals surface area contributed by atoms with E-state index in [0.29, 0.717) is 54.2 Å². The summed E-state index contributed by atoms with van der Waals surface area (Å²) in [7, 11) is -7.34. The highest BCUT2D eigenvalue weighted by Gasteiger charge is 2.32. The van der Waals surface area contributed by atoms with Crippen molar-refractivity contribution in [1.29, 1.82) is 0 Å². The molecule has 1 aliphatic heterocycles. The number of hydrogen-bond donors (Lipinski definition) is 2. The first-order valence-electron chi connectivity index (χ1n) is 12.8. The van der Waals surface area contributed by atoms with Crippen LogP contribution in [0.2, 0.25) is 5.02 Å². The van der Waals surface area contributed by atoms with Crippen molar-refractivity contribution in [3.63, 3.8) is 0 Å². The van der Waals surface area contributed by atoms with Crippen molar-refractivity contribution >= 4 is 48.9 Å². The lowest BCUT2D eigenvalue weighted by Crippen LogP contribution is -2.44. The predicted molar refractivity (Wildman–Crippen MR) is 155 cm³/mol. The van der Waals surface area contributed by atoms with Gasteiger partial charge in [-0.25, -0.2) is 21.1 Å². The number of hydrogen-bond acceptors (Lipinski definition) is 5. The molecule has 3 aromatic carbocycles. The summed E-state index contributed by atoms with van der Waals surface area (Å²) < 4.78 is 55.5. The molecule has 11 heteroatoms. The van der Waals surface area contributed by atoms with E-state index in [1.807, 2.05) is 30.3 Å². The number of carbonyl (C=O) groups is 1. The third kappa shape index (κ3) is 7.60. The minimum absolute atomic E-state index is 0.0327. The van der Waals surface area contributed by atoms with Gasteiger partial charge in [0.25, 0.3) is 10.0 Å². The van der Waals surface area contributed by atoms with E-state index in [4.69, 9.17) is 11.6 Å². The highest BCUT2D eigenvalue weighted by Crippen LogP contribution is 2.26. The number of aryl methyl sites for hydroxylation is 1. The van der Waals surface area contributed by atoms with E-state index in [1.165, 1.54) is 28.6 Å². The van der Waals surface area contributed by atoms with Crippen molar-refractivity contribution in [1.82, 2.24) is 4.31 Å². The number of piperidine rings is 1. The number of rotatable bonds is 10. The molecule has 1 unspecified atom stereocenters. The second-order valence-corrected chi connectivity index (χ2v) is 13.8. The van der Waals surface area contributed by atoms with Gasteiger partial charge in [0.15, 0.2) is 0 Å². The van der Waals surface area contributed by atoms with Gasteiger partial charge in [-0.15, -0.1) is 0 Å². The van der Waals surface area contributed by atoms with E-state index >= 15 is 0 Å². The molecule has 39 heavy (non-hydrogen) atoms. The van der Waals surface area contributed by atoms with Crippen LogP contribution in [0, 0.1) is 12.8 Å². The van der Waals surface area contributed by atoms with Crippen LogP contribution in [0.15, 0.2) is 77.7 Å². The van der Waals surface area contributed by atoms with Crippen LogP contribution in [0.4, 0.5) is 11.4 Å². The fourth-order valence-electron chi connectivity index (χ4n) is 4.53. The Morgan fingerprint density at radius 3 is 2.41 bits per heavy atom. The van der Waals surface area contributed by atoms with Gasteiger partial charge in [0.2, 0.25) is 15.9 Å². The lowest BCUT2D eigenvalue weighted by molar-refractivity contribution is -0.120. The zero-order valence-corrected chi connectivity index (χ0v) is 24.0. The highest BCUT2D eigenvalue weighted by atomic mass is 35.5. The van der Waals surface area contributed by atoms with Crippen LogP contribution < -0.4 is 10.0 Å². The Morgan fingerprint density at radius 2 is 1.69 bits per heavy atom. The highest BCUT2D eigenvalue weighted by molar-refractivity contribution is 7.92. The van der Waals surface area contributed by atoms with E-state index in [9.17, 15) is 21.6 Å². The number of benzene rings is 3. The van der Waals surface area contributed by atoms with Crippen LogP contribution in [-0.4, -0.2) is 45.9 Å². The molecule has 0 bridgehead atoms. The summed E-state index contributed by atoms with van der Waals surface area (Å²) in [5, 5.41) is 3.25. The van der Waals surface area contributed by atoms with Crippen molar-refractivity contribution in [2.24, 2.45) is 5.92 Å². The van der Waals surface area contributed by atoms with Gasteiger partial charge in [0.1, 0.15) is 0 Å². The van der Waals surface area contributed by atoms with Crippen LogP contribution >= 0.6 is 11.6 Å². The number of sulfonamides is 2. The Balaban J connectivity index is 1.33. The molecule has 0 spiro atoms. The van der Waals surface area contributed by atoms with E-state index < -0.39 is 26.0 Å². The van der Waals surface area contributed by atoms with E-state index in [1.54, 1.807) is 25.1 Å². The molecule has 1 atom stereocenters. The molecule has 0 saturated carbocycles. The minimum Gasteiger partial charge on any atom is -0.326 e. The first-order chi connectivity index (χ1) is 18.5. The summed E-state index contributed by atoms with van der Waals surface area (Å²) in [6.07, 6.45) is 2.37. The molecular formula is C28H32ClN3O5S2. The summed E-state index contributed by atoms with van der Waals surface area (Å²) in [4.78, 5) is 13.0. The molecule has 208 valence electrons. The van der Waals surface area contributed by atoms with Gasteiger partial charge >= 0.3 is 0 Å². The maximum absolute atomic E-state index is 13.0. The number of nitrogens with zero attached hydrogens (tertiary/aromatic N) is 1. The quantitative estimate of drug-likeness (QED) is 0.343. The molecule has 1 amide bonds. The van der Waals surface area contributed by atoms with Crippen LogP contribution in [0.3, 0.4) is 0 Å². The molecule has 1 saturated heterocycles. The largest absolute Gasteiger partial charge is 0.326 e. The molecule has 1 aliphatic rings. The van der Waals surface area contributed by atoms with E-state index in [0.717, 1.165) is 5.56 Å². The van der Waals surface area contributed by atoms with Gasteiger partial charge in [0, 0.05) is 23.8 Å². The van der Waals surface area contributed by atoms with Crippen molar-refractivity contribution in [3.05, 3.63) is 88.9 Å². The zero-order chi connectivity index (χ0) is 28.0. The first-order valence-corrected chi connectivity index (χ1v) is 16.2. The number of nitrogens with one attached hydrogen (secondary N) is 2. The molecule has 1 fully saturated rings. The molecule has 8 nitrogen and oxygen atoms in total. The van der Waals surface area contributed by atoms with Crippen molar-refractivity contribution in [2.75, 3.05) is 28.9 Å². The molecule has 0 radical (unpaired) electrons. The molecule has 1 heterocycles. The van der Waals surface area contributed by atoms with E-state index in [-0.39, 0.29) is 23.1 Å². The topological polar surface area (TPSA) is 113 Å². The molecule has 2 N–H and O–H groups in total. The SMILES string of the molecule is Cc1c(Cl)cccc1NS(=O)(=O)c1ccc(NC(=O)C2CCCN(S(=O)(=O)CCCc3ccccc3)C2)cc1. The van der Waals surface area contributed by atoms with Gasteiger partial charge in [-0.3, -0.25) is 9.52 Å². The van der Waals surface area contributed by atoms with Gasteiger partial charge < -0.3 is 5.32 Å². The monoisotopic (exact) mass is 589 g/mol. The van der Waals surface area contributed by atoms with Crippen molar-refractivity contribution < 1.29 is 21.6 Å². The Hall–Kier alpha value is -2.92. The van der Waals surface area contributed by atoms with Gasteiger partial charge in [-0.1, -0.05) is 48.0 Å². The Bertz CT molecular complexity index is 1510. The minimum atomic E-state index is -3.86. The fraction of sp³-hybridized carbons (Fsp3) is 0.321. The number of halogens is 1. The lowest BCUT2D eigenvalue weighted by Gasteiger charge is -2.31. The van der Waals surface area contributed by atoms with Crippen molar-refractivity contribution in [2.45, 2.75) is 37.5 Å². The summed E-state index contributed by atoms with van der Waals surface area (Å²) in [6.45, 7) is 2.26. The normalized spacial score (nSPS) is 16.5. The maximum Gasteiger partial charge on any atom is 0.261 e. The summed E-state index contributed by atoms with van der Waals surface area (Å²) in [5.41, 5.74) is 2.53. The molecular weight excluding hydrogens is 558 g/mol. The number of carbonyl (C=O) groups excluding carboxylic acids is 1. The first kappa shape index (κ1) is 29.1. The smallest absolute Gasteiger partial charge is 0.261 e. The lowest BCUT2D eigenvalue weighted by atomic mass is 9.99. The van der Waals surface area contributed by atoms with Crippen molar-refractivity contribution in [3.8, 4) is 0 Å². The third-order valence-corrected chi connectivity index (χ3v) is 10.5. The van der Waals surface area contributed by atoms with Crippen LogP contribution in [0.5, 0.6) is 0 Å². The maximum atomic E-state index is 13.0. The average molecular weight is 590 g/mol. The average Bonchev–Trinajstić information content (AvgIpc) is 2.92. The van der Waals surface area contributed by atoms with Crippen LogP contribution in [-0.2, 0) is 31.3 Å². The van der Waals surface area contributed by atoms with Crippen LogP contribution in [0.1, 0.15) is 30.4 Å². The molecule has 0 aromatic heterocycles. The summed E-state index contributed by atoms with van der Waals surface area (Å²) in [5.74, 6) is -0.740. The second kappa shape index (κ2) is 12.5. The Kier molecular flexibility index (Phi) is 9.32. The standard InChI is InChI=1S/C28H32ClN3O5S2/c1-21-26(29)12-5-13-27(21)31-39(36,37)25-16-14-24(15-17-25)30-28(33)23-11-6-18-32(20-23)38(34,35)19-7-10-22-8-3-2-4-9-22/h2-5,8-9,12-17,23,31H,6-7,10-11,18-20H2,1H3,(H,30,33). The summed E-state index contributed by atoms with van der Waals surface area (Å²) in [6, 6.07) is 20.6. The van der Waals surface area contributed by atoms with Crippen LogP contribution in [0.25, 0.3) is 0 Å². The molecule has 3 aromatic rings. The van der Waals surface area contributed by atoms with Gasteiger partial charge in [-0.05, 0) is 80.1 Å². The van der Waals surface area contributed by atoms with Gasteiger partial charge in [0.05, 0.1) is 22.3 Å². The Morgan fingerprint density at radius 1 is 0.974 bits per heavy atom.